The van der Waals surface area contributed by atoms with Crippen molar-refractivity contribution in [2.45, 2.75) is 32.6 Å². The van der Waals surface area contributed by atoms with Crippen molar-refractivity contribution in [3.8, 4) is 11.8 Å². The van der Waals surface area contributed by atoms with Gasteiger partial charge in [-0.25, -0.2) is 0 Å². The third-order valence-corrected chi connectivity index (χ3v) is 4.27. The van der Waals surface area contributed by atoms with Crippen LogP contribution in [0.5, 0.6) is 5.75 Å². The molecular formula is C22H23ClN2O2. The van der Waals surface area contributed by atoms with Gasteiger partial charge in [-0.15, -0.1) is 0 Å². The zero-order chi connectivity index (χ0) is 19.5. The summed E-state index contributed by atoms with van der Waals surface area (Å²) >= 11 is 6.03. The normalized spacial score (nSPS) is 10.9. The lowest BCUT2D eigenvalue weighted by Gasteiger charge is -2.07. The molecule has 2 aromatic rings. The second kappa shape index (κ2) is 11.1. The SMILES string of the molecule is CCCCCCOc1ccc(/C=C(\C#N)C(=O)Nc2ccccc2Cl)cc1. The van der Waals surface area contributed by atoms with E-state index in [9.17, 15) is 10.1 Å². The Labute approximate surface area is 165 Å². The standard InChI is InChI=1S/C22H23ClN2O2/c1-2-3-4-7-14-27-19-12-10-17(11-13-19)15-18(16-24)22(26)25-21-9-6-5-8-20(21)23/h5-6,8-13,15H,2-4,7,14H2,1H3,(H,25,26)/b18-15+. The van der Waals surface area contributed by atoms with Crippen molar-refractivity contribution in [3.05, 3.63) is 64.7 Å². The maximum atomic E-state index is 12.3. The minimum absolute atomic E-state index is 0.00292. The van der Waals surface area contributed by atoms with Gasteiger partial charge in [-0.3, -0.25) is 4.79 Å². The molecule has 0 saturated heterocycles. The van der Waals surface area contributed by atoms with Crippen molar-refractivity contribution in [1.82, 2.24) is 0 Å². The zero-order valence-corrected chi connectivity index (χ0v) is 16.1. The number of halogens is 1. The molecule has 0 bridgehead atoms. The van der Waals surface area contributed by atoms with Crippen molar-refractivity contribution in [1.29, 1.82) is 5.26 Å². The molecule has 0 aliphatic rings. The molecule has 0 aliphatic heterocycles. The smallest absolute Gasteiger partial charge is 0.266 e. The zero-order valence-electron chi connectivity index (χ0n) is 15.4. The van der Waals surface area contributed by atoms with Gasteiger partial charge in [0, 0.05) is 0 Å². The Balaban J connectivity index is 1.97. The van der Waals surface area contributed by atoms with Crippen molar-refractivity contribution < 1.29 is 9.53 Å². The maximum absolute atomic E-state index is 12.3. The van der Waals surface area contributed by atoms with E-state index in [1.807, 2.05) is 30.3 Å². The Morgan fingerprint density at radius 2 is 1.89 bits per heavy atom. The maximum Gasteiger partial charge on any atom is 0.266 e. The lowest BCUT2D eigenvalue weighted by atomic mass is 10.1. The number of hydrogen-bond acceptors (Lipinski definition) is 3. The summed E-state index contributed by atoms with van der Waals surface area (Å²) in [5, 5.41) is 12.4. The number of ether oxygens (including phenoxy) is 1. The first kappa shape index (κ1) is 20.5. The molecule has 27 heavy (non-hydrogen) atoms. The first-order chi connectivity index (χ1) is 13.1. The molecule has 0 spiro atoms. The number of benzene rings is 2. The van der Waals surface area contributed by atoms with Gasteiger partial charge in [0.15, 0.2) is 0 Å². The van der Waals surface area contributed by atoms with Crippen LogP contribution >= 0.6 is 11.6 Å². The fourth-order valence-electron chi connectivity index (χ4n) is 2.45. The number of anilines is 1. The minimum Gasteiger partial charge on any atom is -0.494 e. The van der Waals surface area contributed by atoms with E-state index in [1.54, 1.807) is 24.3 Å². The number of carbonyl (C=O) groups is 1. The minimum atomic E-state index is -0.498. The lowest BCUT2D eigenvalue weighted by molar-refractivity contribution is -0.112. The molecular weight excluding hydrogens is 360 g/mol. The van der Waals surface area contributed by atoms with Gasteiger partial charge in [0.2, 0.25) is 0 Å². The van der Waals surface area contributed by atoms with Gasteiger partial charge in [0.05, 0.1) is 17.3 Å². The molecule has 2 rings (SSSR count). The molecule has 0 radical (unpaired) electrons. The molecule has 0 aliphatic carbocycles. The summed E-state index contributed by atoms with van der Waals surface area (Å²) < 4.78 is 5.70. The summed E-state index contributed by atoms with van der Waals surface area (Å²) in [6.45, 7) is 2.87. The molecule has 0 saturated carbocycles. The summed E-state index contributed by atoms with van der Waals surface area (Å²) in [6, 6.07) is 16.1. The average Bonchev–Trinajstić information content (AvgIpc) is 2.68. The van der Waals surface area contributed by atoms with Crippen molar-refractivity contribution >= 4 is 29.3 Å². The number of nitrogens with zero attached hydrogens (tertiary/aromatic N) is 1. The number of rotatable bonds is 9. The summed E-state index contributed by atoms with van der Waals surface area (Å²) in [5.74, 6) is 0.282. The summed E-state index contributed by atoms with van der Waals surface area (Å²) in [6.07, 6.45) is 6.17. The number of nitrogens with one attached hydrogen (secondary N) is 1. The Morgan fingerprint density at radius 1 is 1.15 bits per heavy atom. The highest BCUT2D eigenvalue weighted by Crippen LogP contribution is 2.21. The molecule has 140 valence electrons. The number of hydrogen-bond donors (Lipinski definition) is 1. The predicted molar refractivity (Wildman–Crippen MR) is 110 cm³/mol. The number of para-hydroxylation sites is 1. The number of nitriles is 1. The van der Waals surface area contributed by atoms with Crippen LogP contribution < -0.4 is 10.1 Å². The fraction of sp³-hybridized carbons (Fsp3) is 0.273. The van der Waals surface area contributed by atoms with E-state index in [2.05, 4.69) is 12.2 Å². The van der Waals surface area contributed by atoms with Crippen molar-refractivity contribution in [2.75, 3.05) is 11.9 Å². The van der Waals surface area contributed by atoms with E-state index in [-0.39, 0.29) is 5.57 Å². The fourth-order valence-corrected chi connectivity index (χ4v) is 2.63. The summed E-state index contributed by atoms with van der Waals surface area (Å²) in [7, 11) is 0. The van der Waals surface area contributed by atoms with Crippen LogP contribution in [0.1, 0.15) is 38.2 Å². The lowest BCUT2D eigenvalue weighted by Crippen LogP contribution is -2.13. The van der Waals surface area contributed by atoms with E-state index < -0.39 is 5.91 Å². The Hall–Kier alpha value is -2.77. The third-order valence-electron chi connectivity index (χ3n) is 3.94. The highest BCUT2D eigenvalue weighted by molar-refractivity contribution is 6.34. The summed E-state index contributed by atoms with van der Waals surface area (Å²) in [5.41, 5.74) is 1.22. The van der Waals surface area contributed by atoms with E-state index in [4.69, 9.17) is 16.3 Å². The highest BCUT2D eigenvalue weighted by Gasteiger charge is 2.11. The molecule has 0 heterocycles. The van der Waals surface area contributed by atoms with Gasteiger partial charge < -0.3 is 10.1 Å². The predicted octanol–water partition coefficient (Wildman–Crippen LogP) is 5.84. The number of unbranched alkanes of at least 4 members (excludes halogenated alkanes) is 3. The topological polar surface area (TPSA) is 62.1 Å². The van der Waals surface area contributed by atoms with Crippen LogP contribution in [0.15, 0.2) is 54.1 Å². The van der Waals surface area contributed by atoms with Crippen LogP contribution in [0.25, 0.3) is 6.08 Å². The van der Waals surface area contributed by atoms with E-state index in [0.29, 0.717) is 17.3 Å². The van der Waals surface area contributed by atoms with Gasteiger partial charge >= 0.3 is 0 Å². The summed E-state index contributed by atoms with van der Waals surface area (Å²) in [4.78, 5) is 12.3. The first-order valence-electron chi connectivity index (χ1n) is 9.04. The Morgan fingerprint density at radius 3 is 2.56 bits per heavy atom. The second-order valence-corrected chi connectivity index (χ2v) is 6.49. The van der Waals surface area contributed by atoms with Crippen LogP contribution in [-0.2, 0) is 4.79 Å². The molecule has 0 unspecified atom stereocenters. The van der Waals surface area contributed by atoms with Gasteiger partial charge in [-0.05, 0) is 42.3 Å². The van der Waals surface area contributed by atoms with E-state index >= 15 is 0 Å². The molecule has 1 N–H and O–H groups in total. The van der Waals surface area contributed by atoms with Crippen molar-refractivity contribution in [3.63, 3.8) is 0 Å². The van der Waals surface area contributed by atoms with Gasteiger partial charge in [-0.1, -0.05) is 62.1 Å². The molecule has 5 heteroatoms. The van der Waals surface area contributed by atoms with Gasteiger partial charge in [-0.2, -0.15) is 5.26 Å². The molecule has 4 nitrogen and oxygen atoms in total. The van der Waals surface area contributed by atoms with Crippen molar-refractivity contribution in [2.24, 2.45) is 0 Å². The van der Waals surface area contributed by atoms with E-state index in [1.165, 1.54) is 25.3 Å². The highest BCUT2D eigenvalue weighted by atomic mass is 35.5. The van der Waals surface area contributed by atoms with Crippen LogP contribution in [0.3, 0.4) is 0 Å². The molecule has 0 aromatic heterocycles. The van der Waals surface area contributed by atoms with Gasteiger partial charge in [0.1, 0.15) is 17.4 Å². The number of carbonyl (C=O) groups excluding carboxylic acids is 1. The second-order valence-electron chi connectivity index (χ2n) is 6.08. The Bertz CT molecular complexity index is 823. The molecule has 1 amide bonds. The van der Waals surface area contributed by atoms with Crippen LogP contribution in [0.2, 0.25) is 5.02 Å². The largest absolute Gasteiger partial charge is 0.494 e. The number of amides is 1. The van der Waals surface area contributed by atoms with Gasteiger partial charge in [0.25, 0.3) is 5.91 Å². The van der Waals surface area contributed by atoms with Crippen LogP contribution in [0, 0.1) is 11.3 Å². The molecule has 0 fully saturated rings. The molecule has 2 aromatic carbocycles. The first-order valence-corrected chi connectivity index (χ1v) is 9.42. The van der Waals surface area contributed by atoms with Crippen LogP contribution in [-0.4, -0.2) is 12.5 Å². The quantitative estimate of drug-likeness (QED) is 0.336. The average molecular weight is 383 g/mol. The Kier molecular flexibility index (Phi) is 8.41. The molecule has 0 atom stereocenters. The monoisotopic (exact) mass is 382 g/mol. The van der Waals surface area contributed by atoms with Crippen LogP contribution in [0.4, 0.5) is 5.69 Å². The van der Waals surface area contributed by atoms with E-state index in [0.717, 1.165) is 17.7 Å². The third kappa shape index (κ3) is 6.80.